The van der Waals surface area contributed by atoms with Gasteiger partial charge in [0.25, 0.3) is 0 Å². The predicted octanol–water partition coefficient (Wildman–Crippen LogP) is 2.14. The van der Waals surface area contributed by atoms with Crippen molar-refractivity contribution in [2.75, 3.05) is 13.2 Å². The number of aromatic hydroxyl groups is 2. The van der Waals surface area contributed by atoms with Crippen LogP contribution in [0.15, 0.2) is 58.5 Å². The van der Waals surface area contributed by atoms with E-state index < -0.39 is 0 Å². The highest BCUT2D eigenvalue weighted by Gasteiger charge is 2.19. The molecule has 0 bridgehead atoms. The quantitative estimate of drug-likeness (QED) is 0.517. The first-order valence-corrected chi connectivity index (χ1v) is 8.49. The molecule has 6 nitrogen and oxygen atoms in total. The summed E-state index contributed by atoms with van der Waals surface area (Å²) in [7, 11) is 0. The van der Waals surface area contributed by atoms with Gasteiger partial charge in [-0.25, -0.2) is 0 Å². The topological polar surface area (TPSA) is 106 Å². The third kappa shape index (κ3) is 5.68. The normalized spacial score (nSPS) is 14.1. The summed E-state index contributed by atoms with van der Waals surface area (Å²) in [4.78, 5) is 8.93. The van der Waals surface area contributed by atoms with Gasteiger partial charge in [-0.05, 0) is 37.1 Å². The number of benzene rings is 2. The molecule has 0 spiro atoms. The first kappa shape index (κ1) is 19.6. The Morgan fingerprint density at radius 1 is 0.692 bits per heavy atom. The monoisotopic (exact) mass is 356 g/mol. The molecule has 0 fully saturated rings. The van der Waals surface area contributed by atoms with Crippen LogP contribution in [0.25, 0.3) is 0 Å². The number of phenols is 2. The smallest absolute Gasteiger partial charge is 0.124 e. The molecule has 2 rings (SSSR count). The number of hydrogen-bond acceptors (Lipinski definition) is 6. The molecule has 0 saturated carbocycles. The molecule has 0 saturated heterocycles. The van der Waals surface area contributed by atoms with E-state index in [-0.39, 0.29) is 36.8 Å². The van der Waals surface area contributed by atoms with Crippen molar-refractivity contribution < 1.29 is 20.4 Å². The van der Waals surface area contributed by atoms with Gasteiger partial charge in [-0.1, -0.05) is 24.3 Å². The first-order valence-electron chi connectivity index (χ1n) is 8.49. The minimum Gasteiger partial charge on any atom is -0.507 e. The maximum absolute atomic E-state index is 9.84. The van der Waals surface area contributed by atoms with Crippen LogP contribution in [-0.2, 0) is 0 Å². The average molecular weight is 356 g/mol. The summed E-state index contributed by atoms with van der Waals surface area (Å²) in [6, 6.07) is 12.9. The van der Waals surface area contributed by atoms with E-state index in [4.69, 9.17) is 0 Å². The Morgan fingerprint density at radius 2 is 1.08 bits per heavy atom. The molecule has 0 aliphatic heterocycles. The Bertz CT molecular complexity index is 683. The number of aliphatic hydroxyl groups excluding tert-OH is 2. The second-order valence-corrected chi connectivity index (χ2v) is 5.83. The number of nitrogens with zero attached hydrogens (tertiary/aromatic N) is 2. The van der Waals surface area contributed by atoms with Crippen LogP contribution < -0.4 is 0 Å². The van der Waals surface area contributed by atoms with E-state index >= 15 is 0 Å². The highest BCUT2D eigenvalue weighted by molar-refractivity contribution is 5.84. The van der Waals surface area contributed by atoms with Crippen molar-refractivity contribution in [3.8, 4) is 11.5 Å². The van der Waals surface area contributed by atoms with Crippen molar-refractivity contribution >= 4 is 12.4 Å². The fraction of sp³-hybridized carbons (Fsp3) is 0.300. The molecular weight excluding hydrogens is 332 g/mol. The summed E-state index contributed by atoms with van der Waals surface area (Å²) in [5.41, 5.74) is 1.14. The number of aliphatic imine (C=N–C) groups is 2. The lowest BCUT2D eigenvalue weighted by molar-refractivity contribution is 0.243. The largest absolute Gasteiger partial charge is 0.507 e. The van der Waals surface area contributed by atoms with Gasteiger partial charge in [-0.15, -0.1) is 0 Å². The fourth-order valence-electron chi connectivity index (χ4n) is 2.54. The van der Waals surface area contributed by atoms with Gasteiger partial charge in [-0.3, -0.25) is 9.98 Å². The summed E-state index contributed by atoms with van der Waals surface area (Å²) in [5.74, 6) is 0.242. The van der Waals surface area contributed by atoms with Crippen LogP contribution in [0.2, 0.25) is 0 Å². The summed E-state index contributed by atoms with van der Waals surface area (Å²) in [6.45, 7) is -0.145. The maximum atomic E-state index is 9.84. The number of phenolic OH excluding ortho intramolecular Hbond substituents is 2. The van der Waals surface area contributed by atoms with Crippen LogP contribution in [0, 0.1) is 0 Å². The highest BCUT2D eigenvalue weighted by atomic mass is 16.3. The molecule has 0 heterocycles. The van der Waals surface area contributed by atoms with E-state index in [1.54, 1.807) is 61.0 Å². The Labute approximate surface area is 152 Å². The van der Waals surface area contributed by atoms with E-state index in [9.17, 15) is 20.4 Å². The average Bonchev–Trinajstić information content (AvgIpc) is 2.64. The number of para-hydroxylation sites is 2. The lowest BCUT2D eigenvalue weighted by Gasteiger charge is -2.19. The van der Waals surface area contributed by atoms with Gasteiger partial charge in [0.2, 0.25) is 0 Å². The SMILES string of the molecule is OCCC(/N=C/c1ccccc1O)C(CCO)/N=C/c1ccccc1O. The van der Waals surface area contributed by atoms with E-state index in [1.165, 1.54) is 0 Å². The molecule has 2 aromatic rings. The third-order valence-electron chi connectivity index (χ3n) is 3.98. The summed E-state index contributed by atoms with van der Waals surface area (Å²) in [6.07, 6.45) is 3.84. The zero-order chi connectivity index (χ0) is 18.8. The van der Waals surface area contributed by atoms with Crippen LogP contribution in [0.4, 0.5) is 0 Å². The second kappa shape index (κ2) is 10.3. The molecule has 0 aromatic heterocycles. The van der Waals surface area contributed by atoms with Crippen molar-refractivity contribution in [2.24, 2.45) is 9.98 Å². The van der Waals surface area contributed by atoms with Gasteiger partial charge in [0.15, 0.2) is 0 Å². The molecule has 6 heteroatoms. The number of hydrogen-bond donors (Lipinski definition) is 4. The maximum Gasteiger partial charge on any atom is 0.124 e. The number of aliphatic hydroxyl groups is 2. The van der Waals surface area contributed by atoms with Gasteiger partial charge in [0.1, 0.15) is 11.5 Å². The van der Waals surface area contributed by atoms with Crippen molar-refractivity contribution in [1.82, 2.24) is 0 Å². The first-order chi connectivity index (χ1) is 12.7. The van der Waals surface area contributed by atoms with E-state index in [1.807, 2.05) is 0 Å². The Morgan fingerprint density at radius 3 is 1.42 bits per heavy atom. The zero-order valence-electron chi connectivity index (χ0n) is 14.4. The standard InChI is InChI=1S/C20H24N2O4/c23-11-9-17(21-13-15-5-1-3-7-19(15)25)18(10-12-24)22-14-16-6-2-4-8-20(16)26/h1-8,13-14,17-18,23-26H,9-12H2/b21-13+,22-14+. The van der Waals surface area contributed by atoms with Gasteiger partial charge < -0.3 is 20.4 Å². The molecular formula is C20H24N2O4. The molecule has 2 aromatic carbocycles. The molecule has 0 aliphatic carbocycles. The zero-order valence-corrected chi connectivity index (χ0v) is 14.4. The molecule has 0 aliphatic rings. The molecule has 26 heavy (non-hydrogen) atoms. The third-order valence-corrected chi connectivity index (χ3v) is 3.98. The van der Waals surface area contributed by atoms with Gasteiger partial charge in [-0.2, -0.15) is 0 Å². The van der Waals surface area contributed by atoms with Crippen molar-refractivity contribution in [3.63, 3.8) is 0 Å². The molecule has 0 amide bonds. The van der Waals surface area contributed by atoms with Gasteiger partial charge >= 0.3 is 0 Å². The molecule has 2 unspecified atom stereocenters. The molecule has 4 N–H and O–H groups in total. The number of rotatable bonds is 9. The Kier molecular flexibility index (Phi) is 7.79. The minimum absolute atomic E-state index is 0.0726. The van der Waals surface area contributed by atoms with Crippen LogP contribution >= 0.6 is 0 Å². The predicted molar refractivity (Wildman–Crippen MR) is 102 cm³/mol. The fourth-order valence-corrected chi connectivity index (χ4v) is 2.54. The van der Waals surface area contributed by atoms with Crippen molar-refractivity contribution in [1.29, 1.82) is 0 Å². The van der Waals surface area contributed by atoms with Crippen LogP contribution in [0.5, 0.6) is 11.5 Å². The Hall–Kier alpha value is -2.70. The van der Waals surface area contributed by atoms with Crippen molar-refractivity contribution in [3.05, 3.63) is 59.7 Å². The van der Waals surface area contributed by atoms with E-state index in [0.29, 0.717) is 24.0 Å². The lowest BCUT2D eigenvalue weighted by Crippen LogP contribution is -2.25. The van der Waals surface area contributed by atoms with Crippen molar-refractivity contribution in [2.45, 2.75) is 24.9 Å². The Balaban J connectivity index is 2.22. The van der Waals surface area contributed by atoms with Gasteiger partial charge in [0.05, 0.1) is 12.1 Å². The van der Waals surface area contributed by atoms with Crippen LogP contribution in [0.1, 0.15) is 24.0 Å². The molecule has 138 valence electrons. The molecule has 0 radical (unpaired) electrons. The summed E-state index contributed by atoms with van der Waals surface area (Å²) in [5, 5.41) is 38.4. The van der Waals surface area contributed by atoms with E-state index in [0.717, 1.165) is 0 Å². The minimum atomic E-state index is -0.367. The lowest BCUT2D eigenvalue weighted by atomic mass is 10.0. The highest BCUT2D eigenvalue weighted by Crippen LogP contribution is 2.18. The van der Waals surface area contributed by atoms with Crippen LogP contribution in [0.3, 0.4) is 0 Å². The second-order valence-electron chi connectivity index (χ2n) is 5.83. The summed E-state index contributed by atoms with van der Waals surface area (Å²) < 4.78 is 0. The van der Waals surface area contributed by atoms with E-state index in [2.05, 4.69) is 9.98 Å². The summed E-state index contributed by atoms with van der Waals surface area (Å²) >= 11 is 0. The van der Waals surface area contributed by atoms with Crippen LogP contribution in [-0.4, -0.2) is 58.2 Å². The van der Waals surface area contributed by atoms with Gasteiger partial charge in [0, 0.05) is 36.8 Å². The molecule has 2 atom stereocenters.